The number of carbonyl (C=O) groups is 1. The van der Waals surface area contributed by atoms with E-state index in [1.54, 1.807) is 6.92 Å². The van der Waals surface area contributed by atoms with E-state index in [4.69, 9.17) is 4.74 Å². The lowest BCUT2D eigenvalue weighted by atomic mass is 10.1. The largest absolute Gasteiger partial charge is 0.483 e. The molecule has 7 nitrogen and oxygen atoms in total. The van der Waals surface area contributed by atoms with Crippen molar-refractivity contribution in [3.8, 4) is 11.4 Å². The van der Waals surface area contributed by atoms with Crippen LogP contribution in [0.2, 0.25) is 0 Å². The van der Waals surface area contributed by atoms with Crippen molar-refractivity contribution in [3.63, 3.8) is 0 Å². The summed E-state index contributed by atoms with van der Waals surface area (Å²) in [4.78, 5) is 24.5. The molecular formula is C21H22N4O3. The van der Waals surface area contributed by atoms with Gasteiger partial charge in [0.2, 0.25) is 0 Å². The Labute approximate surface area is 162 Å². The number of rotatable bonds is 6. The van der Waals surface area contributed by atoms with E-state index in [2.05, 4.69) is 15.6 Å². The minimum atomic E-state index is -0.407. The van der Waals surface area contributed by atoms with E-state index >= 15 is 0 Å². The summed E-state index contributed by atoms with van der Waals surface area (Å²) in [6, 6.07) is 15.0. The Morgan fingerprint density at radius 3 is 2.46 bits per heavy atom. The van der Waals surface area contributed by atoms with Crippen molar-refractivity contribution in [2.75, 3.05) is 6.61 Å². The number of amides is 1. The van der Waals surface area contributed by atoms with Crippen molar-refractivity contribution in [1.29, 1.82) is 0 Å². The van der Waals surface area contributed by atoms with Crippen LogP contribution in [0.3, 0.4) is 0 Å². The zero-order chi connectivity index (χ0) is 20.1. The maximum Gasteiger partial charge on any atom is 0.280 e. The number of hydrogen-bond acceptors (Lipinski definition) is 4. The topological polar surface area (TPSA) is 88.5 Å². The predicted molar refractivity (Wildman–Crippen MR) is 108 cm³/mol. The van der Waals surface area contributed by atoms with Gasteiger partial charge in [0.25, 0.3) is 11.5 Å². The fourth-order valence-corrected chi connectivity index (χ4v) is 2.84. The number of para-hydroxylation sites is 2. The van der Waals surface area contributed by atoms with Crippen LogP contribution in [0.1, 0.15) is 22.4 Å². The molecule has 0 spiro atoms. The highest BCUT2D eigenvalue weighted by atomic mass is 16.5. The van der Waals surface area contributed by atoms with Crippen LogP contribution in [0, 0.1) is 20.8 Å². The normalized spacial score (nSPS) is 11.0. The van der Waals surface area contributed by atoms with Crippen LogP contribution >= 0.6 is 0 Å². The molecule has 0 radical (unpaired) electrons. The zero-order valence-electron chi connectivity index (χ0n) is 16.0. The number of ether oxygens (including phenoxy) is 1. The summed E-state index contributed by atoms with van der Waals surface area (Å²) in [6.45, 7) is 5.45. The van der Waals surface area contributed by atoms with E-state index < -0.39 is 5.91 Å². The molecule has 28 heavy (non-hydrogen) atoms. The number of aryl methyl sites for hydroxylation is 3. The Kier molecular flexibility index (Phi) is 5.74. The van der Waals surface area contributed by atoms with E-state index in [0.29, 0.717) is 17.0 Å². The minimum Gasteiger partial charge on any atom is -0.483 e. The van der Waals surface area contributed by atoms with Gasteiger partial charge in [-0.05, 0) is 44.0 Å². The maximum absolute atomic E-state index is 12.6. The van der Waals surface area contributed by atoms with Crippen LogP contribution in [0.4, 0.5) is 0 Å². The van der Waals surface area contributed by atoms with E-state index in [1.807, 2.05) is 62.4 Å². The number of aromatic amines is 1. The van der Waals surface area contributed by atoms with Crippen molar-refractivity contribution in [2.45, 2.75) is 20.8 Å². The van der Waals surface area contributed by atoms with Crippen LogP contribution in [0.15, 0.2) is 58.4 Å². The first-order chi connectivity index (χ1) is 13.5. The molecule has 0 fully saturated rings. The number of hydrazone groups is 1. The molecule has 0 unspecified atom stereocenters. The Morgan fingerprint density at radius 2 is 1.79 bits per heavy atom. The Hall–Kier alpha value is -3.61. The van der Waals surface area contributed by atoms with Gasteiger partial charge in [-0.15, -0.1) is 0 Å². The van der Waals surface area contributed by atoms with Crippen molar-refractivity contribution < 1.29 is 9.53 Å². The fraction of sp³-hybridized carbons (Fsp3) is 0.190. The van der Waals surface area contributed by atoms with Crippen LogP contribution in [-0.2, 0) is 4.79 Å². The lowest BCUT2D eigenvalue weighted by Gasteiger charge is -2.10. The molecule has 2 N–H and O–H groups in total. The van der Waals surface area contributed by atoms with E-state index in [-0.39, 0.29) is 12.2 Å². The Morgan fingerprint density at radius 1 is 1.11 bits per heavy atom. The average Bonchev–Trinajstić information content (AvgIpc) is 2.96. The summed E-state index contributed by atoms with van der Waals surface area (Å²) in [5.41, 5.74) is 5.81. The second-order valence-electron chi connectivity index (χ2n) is 6.43. The van der Waals surface area contributed by atoms with Gasteiger partial charge in [-0.25, -0.2) is 10.1 Å². The molecule has 1 amide bonds. The van der Waals surface area contributed by atoms with Gasteiger partial charge in [0.1, 0.15) is 5.75 Å². The second kappa shape index (κ2) is 8.39. The molecule has 0 aliphatic heterocycles. The highest BCUT2D eigenvalue weighted by Gasteiger charge is 2.11. The summed E-state index contributed by atoms with van der Waals surface area (Å²) >= 11 is 0. The van der Waals surface area contributed by atoms with Crippen molar-refractivity contribution >= 4 is 12.1 Å². The van der Waals surface area contributed by atoms with Crippen molar-refractivity contribution in [1.82, 2.24) is 15.2 Å². The summed E-state index contributed by atoms with van der Waals surface area (Å²) in [7, 11) is 0. The molecule has 0 saturated heterocycles. The molecule has 3 aromatic rings. The lowest BCUT2D eigenvalue weighted by molar-refractivity contribution is -0.123. The van der Waals surface area contributed by atoms with Gasteiger partial charge in [0.15, 0.2) is 6.61 Å². The Balaban J connectivity index is 1.64. The van der Waals surface area contributed by atoms with Crippen LogP contribution in [0.5, 0.6) is 5.75 Å². The average molecular weight is 378 g/mol. The highest BCUT2D eigenvalue weighted by Crippen LogP contribution is 2.21. The zero-order valence-corrected chi connectivity index (χ0v) is 16.0. The molecule has 1 heterocycles. The quantitative estimate of drug-likeness (QED) is 0.510. The van der Waals surface area contributed by atoms with Gasteiger partial charge in [-0.1, -0.05) is 36.4 Å². The summed E-state index contributed by atoms with van der Waals surface area (Å²) in [6.07, 6.45) is 1.34. The number of H-pyrrole nitrogens is 1. The molecule has 0 aliphatic carbocycles. The summed E-state index contributed by atoms with van der Waals surface area (Å²) in [5, 5.41) is 6.89. The molecule has 3 rings (SSSR count). The molecule has 1 aromatic heterocycles. The number of carbonyl (C=O) groups excluding carboxylic acids is 1. The van der Waals surface area contributed by atoms with Crippen LogP contribution in [-0.4, -0.2) is 28.5 Å². The van der Waals surface area contributed by atoms with E-state index in [1.165, 1.54) is 10.9 Å². The minimum absolute atomic E-state index is 0.163. The van der Waals surface area contributed by atoms with Gasteiger partial charge in [0, 0.05) is 5.69 Å². The SMILES string of the molecule is Cc1cccc(C)c1OCC(=O)N/N=C/c1c(C)[nH]n(-c2ccccc2)c1=O. The summed E-state index contributed by atoms with van der Waals surface area (Å²) in [5.74, 6) is 0.282. The maximum atomic E-state index is 12.6. The van der Waals surface area contributed by atoms with Gasteiger partial charge in [-0.3, -0.25) is 14.7 Å². The molecule has 0 saturated carbocycles. The first-order valence-electron chi connectivity index (χ1n) is 8.85. The van der Waals surface area contributed by atoms with E-state index in [0.717, 1.165) is 16.8 Å². The van der Waals surface area contributed by atoms with Crippen LogP contribution < -0.4 is 15.7 Å². The third-order valence-corrected chi connectivity index (χ3v) is 4.27. The molecule has 0 bridgehead atoms. The molecule has 0 aliphatic rings. The molecule has 7 heteroatoms. The standard InChI is InChI=1S/C21H22N4O3/c1-14-8-7-9-15(2)20(14)28-13-19(26)23-22-12-18-16(3)24-25(21(18)27)17-10-5-4-6-11-17/h4-12,24H,13H2,1-3H3,(H,23,26)/b22-12+. The van der Waals surface area contributed by atoms with Gasteiger partial charge >= 0.3 is 0 Å². The van der Waals surface area contributed by atoms with Crippen LogP contribution in [0.25, 0.3) is 5.69 Å². The third-order valence-electron chi connectivity index (χ3n) is 4.27. The third kappa shape index (κ3) is 4.20. The number of nitrogens with zero attached hydrogens (tertiary/aromatic N) is 2. The Bertz CT molecular complexity index is 1040. The number of hydrogen-bond donors (Lipinski definition) is 2. The number of aromatic nitrogens is 2. The first-order valence-corrected chi connectivity index (χ1v) is 8.85. The van der Waals surface area contributed by atoms with E-state index in [9.17, 15) is 9.59 Å². The van der Waals surface area contributed by atoms with Crippen molar-refractivity contribution in [3.05, 3.63) is 81.3 Å². The monoisotopic (exact) mass is 378 g/mol. The second-order valence-corrected chi connectivity index (χ2v) is 6.43. The molecule has 0 atom stereocenters. The lowest BCUT2D eigenvalue weighted by Crippen LogP contribution is -2.25. The smallest absolute Gasteiger partial charge is 0.280 e. The van der Waals surface area contributed by atoms with Crippen molar-refractivity contribution in [2.24, 2.45) is 5.10 Å². The molecular weight excluding hydrogens is 356 g/mol. The highest BCUT2D eigenvalue weighted by molar-refractivity contribution is 5.83. The molecule has 144 valence electrons. The predicted octanol–water partition coefficient (Wildman–Crippen LogP) is 2.62. The number of nitrogens with one attached hydrogen (secondary N) is 2. The van der Waals surface area contributed by atoms with Gasteiger partial charge < -0.3 is 4.74 Å². The summed E-state index contributed by atoms with van der Waals surface area (Å²) < 4.78 is 7.02. The van der Waals surface area contributed by atoms with Gasteiger partial charge in [-0.2, -0.15) is 5.10 Å². The molecule has 2 aromatic carbocycles. The number of benzene rings is 2. The van der Waals surface area contributed by atoms with Gasteiger partial charge in [0.05, 0.1) is 17.5 Å². The fourth-order valence-electron chi connectivity index (χ4n) is 2.84. The first kappa shape index (κ1) is 19.2.